The molecule has 1 aliphatic heterocycles. The Morgan fingerprint density at radius 3 is 3.15 bits per heavy atom. The second-order valence-corrected chi connectivity index (χ2v) is 5.66. The van der Waals surface area contributed by atoms with Gasteiger partial charge in [-0.3, -0.25) is 9.48 Å². The first-order chi connectivity index (χ1) is 9.63. The molecule has 20 heavy (non-hydrogen) atoms. The SMILES string of the molecule is C[C@@H]1CN(C(=O)Cn2cccn2)c2cc(Br)ccc2O1. The summed E-state index contributed by atoms with van der Waals surface area (Å²) in [5.41, 5.74) is 0.801. The quantitative estimate of drug-likeness (QED) is 0.846. The van der Waals surface area contributed by atoms with Crippen molar-refractivity contribution < 1.29 is 9.53 Å². The highest BCUT2D eigenvalue weighted by Gasteiger charge is 2.27. The number of ether oxygens (including phenoxy) is 1. The molecule has 1 aromatic carbocycles. The number of benzene rings is 1. The van der Waals surface area contributed by atoms with Crippen molar-refractivity contribution in [2.24, 2.45) is 0 Å². The summed E-state index contributed by atoms with van der Waals surface area (Å²) in [5, 5.41) is 4.07. The van der Waals surface area contributed by atoms with E-state index in [0.29, 0.717) is 6.54 Å². The molecule has 0 fully saturated rings. The summed E-state index contributed by atoms with van der Waals surface area (Å²) in [6.07, 6.45) is 3.42. The van der Waals surface area contributed by atoms with Crippen LogP contribution in [0.1, 0.15) is 6.92 Å². The zero-order chi connectivity index (χ0) is 14.1. The summed E-state index contributed by atoms with van der Waals surface area (Å²) in [4.78, 5) is 14.2. The van der Waals surface area contributed by atoms with Crippen molar-refractivity contribution in [1.82, 2.24) is 9.78 Å². The number of amides is 1. The van der Waals surface area contributed by atoms with Crippen molar-refractivity contribution in [2.45, 2.75) is 19.6 Å². The number of anilines is 1. The predicted octanol–water partition coefficient (Wildman–Crippen LogP) is 2.46. The van der Waals surface area contributed by atoms with Crippen molar-refractivity contribution in [3.63, 3.8) is 0 Å². The van der Waals surface area contributed by atoms with Crippen LogP contribution in [0.2, 0.25) is 0 Å². The van der Waals surface area contributed by atoms with Crippen LogP contribution in [-0.2, 0) is 11.3 Å². The third-order valence-electron chi connectivity index (χ3n) is 3.14. The minimum Gasteiger partial charge on any atom is -0.487 e. The molecule has 0 radical (unpaired) electrons. The highest BCUT2D eigenvalue weighted by Crippen LogP contribution is 2.35. The van der Waals surface area contributed by atoms with E-state index < -0.39 is 0 Å². The highest BCUT2D eigenvalue weighted by molar-refractivity contribution is 9.10. The zero-order valence-corrected chi connectivity index (χ0v) is 12.6. The van der Waals surface area contributed by atoms with E-state index in [2.05, 4.69) is 21.0 Å². The topological polar surface area (TPSA) is 47.4 Å². The van der Waals surface area contributed by atoms with Gasteiger partial charge < -0.3 is 9.64 Å². The first-order valence-electron chi connectivity index (χ1n) is 6.37. The lowest BCUT2D eigenvalue weighted by Crippen LogP contribution is -2.43. The molecule has 1 aliphatic rings. The van der Waals surface area contributed by atoms with E-state index in [9.17, 15) is 4.79 Å². The van der Waals surface area contributed by atoms with Gasteiger partial charge in [-0.1, -0.05) is 15.9 Å². The minimum absolute atomic E-state index is 0.00296. The van der Waals surface area contributed by atoms with Crippen LogP contribution in [-0.4, -0.2) is 28.3 Å². The molecule has 5 nitrogen and oxygen atoms in total. The number of halogens is 1. The van der Waals surface area contributed by atoms with Gasteiger partial charge in [-0.05, 0) is 31.2 Å². The van der Waals surface area contributed by atoms with Gasteiger partial charge in [-0.25, -0.2) is 0 Å². The van der Waals surface area contributed by atoms with Gasteiger partial charge in [0.2, 0.25) is 5.91 Å². The van der Waals surface area contributed by atoms with Gasteiger partial charge in [0, 0.05) is 16.9 Å². The fourth-order valence-electron chi connectivity index (χ4n) is 2.26. The zero-order valence-electron chi connectivity index (χ0n) is 11.0. The van der Waals surface area contributed by atoms with E-state index in [1.807, 2.05) is 25.1 Å². The smallest absolute Gasteiger partial charge is 0.248 e. The molecule has 0 spiro atoms. The van der Waals surface area contributed by atoms with Gasteiger partial charge in [0.15, 0.2) is 0 Å². The number of rotatable bonds is 2. The van der Waals surface area contributed by atoms with E-state index in [1.165, 1.54) is 0 Å². The number of carbonyl (C=O) groups excluding carboxylic acids is 1. The van der Waals surface area contributed by atoms with Gasteiger partial charge >= 0.3 is 0 Å². The number of carbonyl (C=O) groups is 1. The third kappa shape index (κ3) is 2.56. The van der Waals surface area contributed by atoms with Crippen LogP contribution in [0.4, 0.5) is 5.69 Å². The summed E-state index contributed by atoms with van der Waals surface area (Å²) in [6.45, 7) is 2.73. The summed E-state index contributed by atoms with van der Waals surface area (Å²) < 4.78 is 8.31. The van der Waals surface area contributed by atoms with Crippen LogP contribution in [0.3, 0.4) is 0 Å². The summed E-state index contributed by atoms with van der Waals surface area (Å²) in [7, 11) is 0. The van der Waals surface area contributed by atoms with Crippen LogP contribution in [0.15, 0.2) is 41.1 Å². The van der Waals surface area contributed by atoms with E-state index in [4.69, 9.17) is 4.74 Å². The van der Waals surface area contributed by atoms with Gasteiger partial charge in [0.1, 0.15) is 18.4 Å². The van der Waals surface area contributed by atoms with E-state index in [-0.39, 0.29) is 18.6 Å². The maximum Gasteiger partial charge on any atom is 0.248 e. The van der Waals surface area contributed by atoms with Gasteiger partial charge in [0.25, 0.3) is 0 Å². The van der Waals surface area contributed by atoms with Crippen LogP contribution >= 0.6 is 15.9 Å². The van der Waals surface area contributed by atoms with E-state index in [0.717, 1.165) is 15.9 Å². The van der Waals surface area contributed by atoms with Crippen molar-refractivity contribution in [3.05, 3.63) is 41.1 Å². The lowest BCUT2D eigenvalue weighted by atomic mass is 10.2. The largest absolute Gasteiger partial charge is 0.487 e. The Morgan fingerprint density at radius 1 is 1.55 bits per heavy atom. The molecule has 1 atom stereocenters. The van der Waals surface area contributed by atoms with Crippen molar-refractivity contribution in [1.29, 1.82) is 0 Å². The summed E-state index contributed by atoms with van der Waals surface area (Å²) in [5.74, 6) is 0.740. The van der Waals surface area contributed by atoms with Crippen LogP contribution in [0, 0.1) is 0 Å². The monoisotopic (exact) mass is 335 g/mol. The number of nitrogens with zero attached hydrogens (tertiary/aromatic N) is 3. The maximum atomic E-state index is 12.5. The van der Waals surface area contributed by atoms with Crippen LogP contribution in [0.25, 0.3) is 0 Å². The lowest BCUT2D eigenvalue weighted by molar-refractivity contribution is -0.119. The summed E-state index contributed by atoms with van der Waals surface area (Å²) >= 11 is 3.43. The van der Waals surface area contributed by atoms with E-state index in [1.54, 1.807) is 28.0 Å². The molecular formula is C14H14BrN3O2. The molecule has 2 aromatic rings. The molecule has 0 saturated heterocycles. The number of hydrogen-bond acceptors (Lipinski definition) is 3. The van der Waals surface area contributed by atoms with Gasteiger partial charge in [-0.15, -0.1) is 0 Å². The molecule has 2 heterocycles. The summed E-state index contributed by atoms with van der Waals surface area (Å²) in [6, 6.07) is 7.50. The Kier molecular flexibility index (Phi) is 3.48. The fourth-order valence-corrected chi connectivity index (χ4v) is 2.61. The normalized spacial score (nSPS) is 17.5. The second kappa shape index (κ2) is 5.28. The first-order valence-corrected chi connectivity index (χ1v) is 7.17. The van der Waals surface area contributed by atoms with Crippen molar-refractivity contribution in [3.8, 4) is 5.75 Å². The maximum absolute atomic E-state index is 12.5. The number of fused-ring (bicyclic) bond motifs is 1. The molecule has 0 aliphatic carbocycles. The highest BCUT2D eigenvalue weighted by atomic mass is 79.9. The Bertz CT molecular complexity index is 627. The van der Waals surface area contributed by atoms with Crippen molar-refractivity contribution >= 4 is 27.5 Å². The Balaban J connectivity index is 1.89. The molecule has 0 saturated carbocycles. The molecule has 6 heteroatoms. The standard InChI is InChI=1S/C14H14BrN3O2/c1-10-8-18(14(19)9-17-6-2-5-16-17)12-7-11(15)3-4-13(12)20-10/h2-7,10H,8-9H2,1H3/t10-/m1/s1. The van der Waals surface area contributed by atoms with E-state index >= 15 is 0 Å². The second-order valence-electron chi connectivity index (χ2n) is 4.75. The van der Waals surface area contributed by atoms with Crippen LogP contribution < -0.4 is 9.64 Å². The Morgan fingerprint density at radius 2 is 2.40 bits per heavy atom. The van der Waals surface area contributed by atoms with Crippen molar-refractivity contribution in [2.75, 3.05) is 11.4 Å². The molecule has 104 valence electrons. The molecule has 1 aromatic heterocycles. The molecular weight excluding hydrogens is 322 g/mol. The molecule has 3 rings (SSSR count). The average Bonchev–Trinajstić information content (AvgIpc) is 2.91. The molecule has 0 N–H and O–H groups in total. The molecule has 0 bridgehead atoms. The van der Waals surface area contributed by atoms with Gasteiger partial charge in [0.05, 0.1) is 12.2 Å². The molecule has 1 amide bonds. The average molecular weight is 336 g/mol. The Hall–Kier alpha value is -1.82. The first kappa shape index (κ1) is 13.2. The Labute approximate surface area is 125 Å². The lowest BCUT2D eigenvalue weighted by Gasteiger charge is -2.33. The minimum atomic E-state index is -0.0229. The molecule has 0 unspecified atom stereocenters. The number of hydrogen-bond donors (Lipinski definition) is 0. The fraction of sp³-hybridized carbons (Fsp3) is 0.286. The number of aromatic nitrogens is 2. The predicted molar refractivity (Wildman–Crippen MR) is 78.8 cm³/mol. The van der Waals surface area contributed by atoms with Gasteiger partial charge in [-0.2, -0.15) is 5.10 Å². The van der Waals surface area contributed by atoms with Crippen LogP contribution in [0.5, 0.6) is 5.75 Å². The third-order valence-corrected chi connectivity index (χ3v) is 3.63.